The molecule has 20 heavy (non-hydrogen) atoms. The van der Waals surface area contributed by atoms with E-state index in [2.05, 4.69) is 21.2 Å². The van der Waals surface area contributed by atoms with Crippen molar-refractivity contribution < 1.29 is 12.8 Å². The molecule has 0 radical (unpaired) electrons. The van der Waals surface area contributed by atoms with E-state index in [0.717, 1.165) is 25.8 Å². The number of nitrogens with zero attached hydrogens (tertiary/aromatic N) is 1. The fourth-order valence-electron chi connectivity index (χ4n) is 2.34. The summed E-state index contributed by atoms with van der Waals surface area (Å²) in [5.74, 6) is -0.733. The van der Waals surface area contributed by atoms with E-state index in [1.54, 1.807) is 0 Å². The number of sulfonamides is 1. The molecule has 1 aromatic carbocycles. The molecular formula is C13H18BrFN2O2S. The largest absolute Gasteiger partial charge is 0.313 e. The van der Waals surface area contributed by atoms with Gasteiger partial charge in [-0.2, -0.15) is 4.31 Å². The Balaban J connectivity index is 2.16. The van der Waals surface area contributed by atoms with Crippen LogP contribution in [0.25, 0.3) is 0 Å². The van der Waals surface area contributed by atoms with Crippen LogP contribution in [-0.2, 0) is 10.0 Å². The second-order valence-electron chi connectivity index (χ2n) is 5.01. The number of hydrogen-bond donors (Lipinski definition) is 1. The van der Waals surface area contributed by atoms with E-state index in [9.17, 15) is 12.8 Å². The lowest BCUT2D eigenvalue weighted by Gasteiger charge is -2.27. The fraction of sp³-hybridized carbons (Fsp3) is 0.538. The number of piperidine rings is 1. The van der Waals surface area contributed by atoms with E-state index >= 15 is 0 Å². The predicted molar refractivity (Wildman–Crippen MR) is 79.6 cm³/mol. The molecule has 0 spiro atoms. The number of benzene rings is 1. The van der Waals surface area contributed by atoms with Crippen molar-refractivity contribution in [2.75, 3.05) is 20.1 Å². The molecule has 1 heterocycles. The molecule has 1 aromatic rings. The summed E-state index contributed by atoms with van der Waals surface area (Å²) in [5, 5.41) is 3.29. The highest BCUT2D eigenvalue weighted by atomic mass is 79.9. The van der Waals surface area contributed by atoms with Gasteiger partial charge in [-0.05, 0) is 37.6 Å². The molecular weight excluding hydrogens is 347 g/mol. The maximum absolute atomic E-state index is 13.8. The van der Waals surface area contributed by atoms with Crippen LogP contribution in [0.5, 0.6) is 0 Å². The molecule has 7 heteroatoms. The van der Waals surface area contributed by atoms with Crippen molar-refractivity contribution >= 4 is 26.0 Å². The van der Waals surface area contributed by atoms with Gasteiger partial charge in [0.2, 0.25) is 10.0 Å². The van der Waals surface area contributed by atoms with E-state index in [4.69, 9.17) is 0 Å². The molecule has 1 N–H and O–H groups in total. The van der Waals surface area contributed by atoms with Crippen LogP contribution in [-0.4, -0.2) is 38.9 Å². The summed E-state index contributed by atoms with van der Waals surface area (Å²) in [6.45, 7) is 1.27. The summed E-state index contributed by atoms with van der Waals surface area (Å²) in [6.07, 6.45) is 3.16. The predicted octanol–water partition coefficient (Wildman–Crippen LogP) is 2.35. The van der Waals surface area contributed by atoms with Crippen LogP contribution in [0.3, 0.4) is 0 Å². The van der Waals surface area contributed by atoms with E-state index in [1.165, 1.54) is 29.6 Å². The molecule has 0 aromatic heterocycles. The lowest BCUT2D eigenvalue weighted by atomic mass is 10.1. The Kier molecular flexibility index (Phi) is 5.17. The Morgan fingerprint density at radius 2 is 2.20 bits per heavy atom. The van der Waals surface area contributed by atoms with Crippen LogP contribution < -0.4 is 5.32 Å². The molecule has 1 atom stereocenters. The first-order valence-corrected chi connectivity index (χ1v) is 8.79. The van der Waals surface area contributed by atoms with Crippen LogP contribution >= 0.6 is 15.9 Å². The molecule has 2 rings (SSSR count). The average molecular weight is 365 g/mol. The Labute approximate surface area is 127 Å². The first-order chi connectivity index (χ1) is 9.41. The second kappa shape index (κ2) is 6.51. The molecule has 0 bridgehead atoms. The molecule has 112 valence electrons. The number of rotatable bonds is 4. The Morgan fingerprint density at radius 1 is 1.45 bits per heavy atom. The summed E-state index contributed by atoms with van der Waals surface area (Å²) in [4.78, 5) is -0.279. The lowest BCUT2D eigenvalue weighted by molar-refractivity contribution is 0.337. The highest BCUT2D eigenvalue weighted by Crippen LogP contribution is 2.22. The zero-order chi connectivity index (χ0) is 14.8. The van der Waals surface area contributed by atoms with Crippen LogP contribution in [0, 0.1) is 5.82 Å². The van der Waals surface area contributed by atoms with Gasteiger partial charge in [0, 0.05) is 24.1 Å². The molecule has 1 aliphatic rings. The van der Waals surface area contributed by atoms with Gasteiger partial charge in [0.1, 0.15) is 10.7 Å². The third-order valence-corrected chi connectivity index (χ3v) is 5.82. The van der Waals surface area contributed by atoms with Crippen molar-refractivity contribution in [3.63, 3.8) is 0 Å². The van der Waals surface area contributed by atoms with Gasteiger partial charge in [-0.15, -0.1) is 0 Å². The molecule has 1 aliphatic heterocycles. The van der Waals surface area contributed by atoms with Crippen LogP contribution in [0.15, 0.2) is 27.6 Å². The van der Waals surface area contributed by atoms with Gasteiger partial charge < -0.3 is 5.32 Å². The van der Waals surface area contributed by atoms with Crippen molar-refractivity contribution in [3.8, 4) is 0 Å². The molecule has 1 fully saturated rings. The Bertz CT molecular complexity index is 574. The molecule has 0 saturated carbocycles. The summed E-state index contributed by atoms with van der Waals surface area (Å²) >= 11 is 3.12. The van der Waals surface area contributed by atoms with Gasteiger partial charge >= 0.3 is 0 Å². The van der Waals surface area contributed by atoms with Crippen LogP contribution in [0.1, 0.15) is 19.3 Å². The topological polar surface area (TPSA) is 49.4 Å². The third-order valence-electron chi connectivity index (χ3n) is 3.47. The van der Waals surface area contributed by atoms with E-state index in [1.807, 2.05) is 0 Å². The normalized spacial score (nSPS) is 20.3. The van der Waals surface area contributed by atoms with Crippen molar-refractivity contribution in [3.05, 3.63) is 28.5 Å². The quantitative estimate of drug-likeness (QED) is 0.891. The van der Waals surface area contributed by atoms with Gasteiger partial charge in [0.15, 0.2) is 0 Å². The molecule has 0 amide bonds. The summed E-state index contributed by atoms with van der Waals surface area (Å²) < 4.78 is 40.3. The smallest absolute Gasteiger partial charge is 0.245 e. The molecule has 1 saturated heterocycles. The van der Waals surface area contributed by atoms with Crippen molar-refractivity contribution in [2.24, 2.45) is 0 Å². The first kappa shape index (κ1) is 15.9. The van der Waals surface area contributed by atoms with Gasteiger partial charge in [0.25, 0.3) is 0 Å². The number of hydrogen-bond acceptors (Lipinski definition) is 3. The number of nitrogens with one attached hydrogen (secondary N) is 1. The number of likely N-dealkylation sites (N-methyl/N-ethyl adjacent to an activating group) is 1. The SMILES string of the molecule is CN(CC1CCCCN1)S(=O)(=O)c1ccc(Br)cc1F. The number of halogens is 2. The van der Waals surface area contributed by atoms with Crippen molar-refractivity contribution in [2.45, 2.75) is 30.2 Å². The maximum atomic E-state index is 13.8. The second-order valence-corrected chi connectivity index (χ2v) is 7.94. The van der Waals surface area contributed by atoms with E-state index in [-0.39, 0.29) is 10.9 Å². The minimum absolute atomic E-state index is 0.141. The van der Waals surface area contributed by atoms with Gasteiger partial charge in [0.05, 0.1) is 0 Å². The molecule has 4 nitrogen and oxygen atoms in total. The van der Waals surface area contributed by atoms with Crippen LogP contribution in [0.2, 0.25) is 0 Å². The van der Waals surface area contributed by atoms with Gasteiger partial charge in [-0.25, -0.2) is 12.8 Å². The monoisotopic (exact) mass is 364 g/mol. The van der Waals surface area contributed by atoms with Crippen LogP contribution in [0.4, 0.5) is 4.39 Å². The standard InChI is InChI=1S/C13H18BrFN2O2S/c1-17(9-11-4-2-3-7-16-11)20(18,19)13-6-5-10(14)8-12(13)15/h5-6,8,11,16H,2-4,7,9H2,1H3. The van der Waals surface area contributed by atoms with Crippen molar-refractivity contribution in [1.29, 1.82) is 0 Å². The summed E-state index contributed by atoms with van der Waals surface area (Å²) in [7, 11) is -2.30. The zero-order valence-electron chi connectivity index (χ0n) is 11.3. The summed E-state index contributed by atoms with van der Waals surface area (Å²) in [5.41, 5.74) is 0. The third kappa shape index (κ3) is 3.58. The highest BCUT2D eigenvalue weighted by molar-refractivity contribution is 9.10. The molecule has 1 unspecified atom stereocenters. The van der Waals surface area contributed by atoms with Gasteiger partial charge in [-0.3, -0.25) is 0 Å². The zero-order valence-corrected chi connectivity index (χ0v) is 13.7. The lowest BCUT2D eigenvalue weighted by Crippen LogP contribution is -2.44. The maximum Gasteiger partial charge on any atom is 0.245 e. The Hall–Kier alpha value is -0.500. The van der Waals surface area contributed by atoms with Gasteiger partial charge in [-0.1, -0.05) is 22.4 Å². The minimum Gasteiger partial charge on any atom is -0.313 e. The van der Waals surface area contributed by atoms with E-state index in [0.29, 0.717) is 11.0 Å². The van der Waals surface area contributed by atoms with E-state index < -0.39 is 15.8 Å². The Morgan fingerprint density at radius 3 is 2.80 bits per heavy atom. The molecule has 0 aliphatic carbocycles. The average Bonchev–Trinajstić information content (AvgIpc) is 2.39. The van der Waals surface area contributed by atoms with Crippen molar-refractivity contribution in [1.82, 2.24) is 9.62 Å². The first-order valence-electron chi connectivity index (χ1n) is 6.56. The highest BCUT2D eigenvalue weighted by Gasteiger charge is 2.27. The summed E-state index contributed by atoms with van der Waals surface area (Å²) in [6, 6.07) is 4.13. The minimum atomic E-state index is -3.79. The fourth-order valence-corrected chi connectivity index (χ4v) is 3.93.